The molecule has 1 atom stereocenters. The summed E-state index contributed by atoms with van der Waals surface area (Å²) in [6.45, 7) is 2.10. The van der Waals surface area contributed by atoms with Gasteiger partial charge in [0.2, 0.25) is 0 Å². The molecule has 4 heteroatoms. The van der Waals surface area contributed by atoms with Crippen molar-refractivity contribution in [2.45, 2.75) is 13.0 Å². The average Bonchev–Trinajstić information content (AvgIpc) is 2.57. The quantitative estimate of drug-likeness (QED) is 0.743. The molecular formula is C10H10FNO2. The van der Waals surface area contributed by atoms with Crippen LogP contribution in [0.25, 0.3) is 0 Å². The molecule has 0 aromatic heterocycles. The van der Waals surface area contributed by atoms with E-state index >= 15 is 0 Å². The van der Waals surface area contributed by atoms with Crippen LogP contribution in [-0.4, -0.2) is 12.6 Å². The molecule has 1 aromatic carbocycles. The number of carbonyl (C=O) groups excluding carboxylic acids is 1. The van der Waals surface area contributed by atoms with Crippen LogP contribution in [0, 0.1) is 12.7 Å². The second-order valence-electron chi connectivity index (χ2n) is 3.28. The maximum atomic E-state index is 13.2. The number of benzene rings is 1. The molecule has 0 saturated carbocycles. The van der Waals surface area contributed by atoms with Crippen molar-refractivity contribution in [3.63, 3.8) is 0 Å². The molecule has 1 saturated heterocycles. The zero-order chi connectivity index (χ0) is 10.1. The summed E-state index contributed by atoms with van der Waals surface area (Å²) in [4.78, 5) is 10.8. The number of cyclic esters (lactones) is 1. The minimum atomic E-state index is -0.448. The molecule has 0 bridgehead atoms. The maximum Gasteiger partial charge on any atom is 0.407 e. The Labute approximate surface area is 80.9 Å². The van der Waals surface area contributed by atoms with Gasteiger partial charge in [-0.05, 0) is 24.1 Å². The maximum absolute atomic E-state index is 13.2. The Balaban J connectivity index is 2.24. The van der Waals surface area contributed by atoms with E-state index in [1.54, 1.807) is 19.1 Å². The van der Waals surface area contributed by atoms with Gasteiger partial charge in [0, 0.05) is 0 Å². The Hall–Kier alpha value is -1.58. The van der Waals surface area contributed by atoms with Crippen LogP contribution in [0.3, 0.4) is 0 Å². The van der Waals surface area contributed by atoms with Crippen LogP contribution in [0.2, 0.25) is 0 Å². The van der Waals surface area contributed by atoms with Crippen LogP contribution < -0.4 is 5.32 Å². The molecule has 1 fully saturated rings. The van der Waals surface area contributed by atoms with Crippen LogP contribution in [-0.2, 0) is 4.74 Å². The summed E-state index contributed by atoms with van der Waals surface area (Å²) >= 11 is 0. The number of ether oxygens (including phenoxy) is 1. The number of rotatable bonds is 1. The predicted octanol–water partition coefficient (Wildman–Crippen LogP) is 1.92. The fourth-order valence-electron chi connectivity index (χ4n) is 1.38. The van der Waals surface area contributed by atoms with Gasteiger partial charge >= 0.3 is 6.09 Å². The minimum absolute atomic E-state index is 0.273. The highest BCUT2D eigenvalue weighted by atomic mass is 19.1. The standard InChI is InChI=1S/C10H10FNO2/c1-6-2-3-7(4-8(6)11)9-5-12-10(13)14-9/h2-4,9H,5H2,1H3,(H,12,13). The molecule has 1 aliphatic heterocycles. The summed E-state index contributed by atoms with van der Waals surface area (Å²) in [5.41, 5.74) is 1.28. The van der Waals surface area contributed by atoms with Crippen LogP contribution in [0.15, 0.2) is 18.2 Å². The molecule has 3 nitrogen and oxygen atoms in total. The number of aryl methyl sites for hydroxylation is 1. The summed E-state index contributed by atoms with van der Waals surface area (Å²) in [5, 5.41) is 2.52. The van der Waals surface area contributed by atoms with Gasteiger partial charge in [0.1, 0.15) is 11.9 Å². The molecule has 1 aliphatic rings. The van der Waals surface area contributed by atoms with E-state index < -0.39 is 6.09 Å². The SMILES string of the molecule is Cc1ccc(C2CNC(=O)O2)cc1F. The van der Waals surface area contributed by atoms with Gasteiger partial charge in [-0.15, -0.1) is 0 Å². The first-order chi connectivity index (χ1) is 6.66. The van der Waals surface area contributed by atoms with Crippen molar-refractivity contribution in [1.82, 2.24) is 5.32 Å². The van der Waals surface area contributed by atoms with Gasteiger partial charge in [-0.2, -0.15) is 0 Å². The summed E-state index contributed by atoms with van der Waals surface area (Å²) in [5.74, 6) is -0.273. The van der Waals surface area contributed by atoms with E-state index in [9.17, 15) is 9.18 Å². The van der Waals surface area contributed by atoms with Crippen molar-refractivity contribution in [2.75, 3.05) is 6.54 Å². The molecule has 1 aromatic rings. The molecule has 1 amide bonds. The summed E-state index contributed by atoms with van der Waals surface area (Å²) in [6.07, 6.45) is -0.811. The highest BCUT2D eigenvalue weighted by molar-refractivity contribution is 5.69. The van der Waals surface area contributed by atoms with Gasteiger partial charge in [-0.3, -0.25) is 0 Å². The molecule has 0 aliphatic carbocycles. The van der Waals surface area contributed by atoms with Crippen molar-refractivity contribution in [3.05, 3.63) is 35.1 Å². The molecule has 1 N–H and O–H groups in total. The van der Waals surface area contributed by atoms with E-state index in [1.165, 1.54) is 6.07 Å². The van der Waals surface area contributed by atoms with Crippen LogP contribution in [0.5, 0.6) is 0 Å². The van der Waals surface area contributed by atoms with Crippen molar-refractivity contribution < 1.29 is 13.9 Å². The molecule has 14 heavy (non-hydrogen) atoms. The fourth-order valence-corrected chi connectivity index (χ4v) is 1.38. The number of amides is 1. The second kappa shape index (κ2) is 3.29. The smallest absolute Gasteiger partial charge is 0.407 e. The first-order valence-corrected chi connectivity index (χ1v) is 4.37. The van der Waals surface area contributed by atoms with Gasteiger partial charge in [-0.1, -0.05) is 12.1 Å². The third kappa shape index (κ3) is 1.55. The van der Waals surface area contributed by atoms with E-state index in [2.05, 4.69) is 5.32 Å². The third-order valence-electron chi connectivity index (χ3n) is 2.25. The number of hydrogen-bond acceptors (Lipinski definition) is 2. The highest BCUT2D eigenvalue weighted by Crippen LogP contribution is 2.22. The van der Waals surface area contributed by atoms with Gasteiger partial charge in [0.05, 0.1) is 6.54 Å². The van der Waals surface area contributed by atoms with Crippen molar-refractivity contribution in [1.29, 1.82) is 0 Å². The minimum Gasteiger partial charge on any atom is -0.439 e. The summed E-state index contributed by atoms with van der Waals surface area (Å²) in [6, 6.07) is 4.85. The third-order valence-corrected chi connectivity index (χ3v) is 2.25. The molecule has 74 valence electrons. The van der Waals surface area contributed by atoms with E-state index in [0.717, 1.165) is 0 Å². The van der Waals surface area contributed by atoms with Gasteiger partial charge in [0.25, 0.3) is 0 Å². The van der Waals surface area contributed by atoms with E-state index in [0.29, 0.717) is 17.7 Å². The zero-order valence-electron chi connectivity index (χ0n) is 7.71. The topological polar surface area (TPSA) is 38.3 Å². The Kier molecular flexibility index (Phi) is 2.11. The highest BCUT2D eigenvalue weighted by Gasteiger charge is 2.24. The number of alkyl carbamates (subject to hydrolysis) is 1. The normalized spacial score (nSPS) is 20.4. The Bertz CT molecular complexity index is 378. The lowest BCUT2D eigenvalue weighted by Crippen LogP contribution is -2.12. The molecule has 0 radical (unpaired) electrons. The first kappa shape index (κ1) is 8.99. The lowest BCUT2D eigenvalue weighted by atomic mass is 10.1. The first-order valence-electron chi connectivity index (χ1n) is 4.37. The summed E-state index contributed by atoms with van der Waals surface area (Å²) in [7, 11) is 0. The second-order valence-corrected chi connectivity index (χ2v) is 3.28. The van der Waals surface area contributed by atoms with Crippen molar-refractivity contribution in [2.24, 2.45) is 0 Å². The fraction of sp³-hybridized carbons (Fsp3) is 0.300. The number of halogens is 1. The Morgan fingerprint density at radius 1 is 1.57 bits per heavy atom. The van der Waals surface area contributed by atoms with Crippen molar-refractivity contribution >= 4 is 6.09 Å². The predicted molar refractivity (Wildman–Crippen MR) is 48.4 cm³/mol. The van der Waals surface area contributed by atoms with Crippen LogP contribution in [0.4, 0.5) is 9.18 Å². The lowest BCUT2D eigenvalue weighted by Gasteiger charge is -2.08. The van der Waals surface area contributed by atoms with Crippen LogP contribution >= 0.6 is 0 Å². The van der Waals surface area contributed by atoms with Crippen molar-refractivity contribution in [3.8, 4) is 0 Å². The number of nitrogens with one attached hydrogen (secondary N) is 1. The van der Waals surface area contributed by atoms with E-state index in [1.807, 2.05) is 0 Å². The molecule has 2 rings (SSSR count). The number of carbonyl (C=O) groups is 1. The Morgan fingerprint density at radius 3 is 2.93 bits per heavy atom. The lowest BCUT2D eigenvalue weighted by molar-refractivity contribution is 0.141. The molecule has 1 heterocycles. The van der Waals surface area contributed by atoms with E-state index in [4.69, 9.17) is 4.74 Å². The van der Waals surface area contributed by atoms with Gasteiger partial charge in [-0.25, -0.2) is 9.18 Å². The van der Waals surface area contributed by atoms with Gasteiger partial charge in [0.15, 0.2) is 0 Å². The number of hydrogen-bond donors (Lipinski definition) is 1. The zero-order valence-corrected chi connectivity index (χ0v) is 7.71. The van der Waals surface area contributed by atoms with Gasteiger partial charge < -0.3 is 10.1 Å². The molecular weight excluding hydrogens is 185 g/mol. The Morgan fingerprint density at radius 2 is 2.36 bits per heavy atom. The monoisotopic (exact) mass is 195 g/mol. The summed E-state index contributed by atoms with van der Waals surface area (Å²) < 4.78 is 18.1. The molecule has 0 spiro atoms. The van der Waals surface area contributed by atoms with E-state index in [-0.39, 0.29) is 11.9 Å². The average molecular weight is 195 g/mol. The largest absolute Gasteiger partial charge is 0.439 e. The molecule has 1 unspecified atom stereocenters. The van der Waals surface area contributed by atoms with Crippen LogP contribution in [0.1, 0.15) is 17.2 Å².